The van der Waals surface area contributed by atoms with Crippen molar-refractivity contribution >= 4 is 11.8 Å². The molecule has 0 bridgehead atoms. The number of hydrogen-bond acceptors (Lipinski definition) is 3. The zero-order chi connectivity index (χ0) is 18.4. The van der Waals surface area contributed by atoms with Crippen LogP contribution in [0.3, 0.4) is 0 Å². The molecule has 1 aromatic heterocycles. The summed E-state index contributed by atoms with van der Waals surface area (Å²) >= 11 is 0. The zero-order valence-corrected chi connectivity index (χ0v) is 15.2. The number of benzene rings is 1. The molecule has 1 aliphatic heterocycles. The Morgan fingerprint density at radius 2 is 2.04 bits per heavy atom. The highest BCUT2D eigenvalue weighted by Crippen LogP contribution is 2.27. The summed E-state index contributed by atoms with van der Waals surface area (Å²) in [5, 5.41) is 2.98. The molecule has 0 spiro atoms. The Balaban J connectivity index is 1.69. The third kappa shape index (κ3) is 4.15. The van der Waals surface area contributed by atoms with Crippen LogP contribution in [-0.2, 0) is 4.79 Å². The third-order valence-corrected chi connectivity index (χ3v) is 4.85. The molecule has 2 aromatic rings. The van der Waals surface area contributed by atoms with Gasteiger partial charge in [0.1, 0.15) is 0 Å². The van der Waals surface area contributed by atoms with Crippen molar-refractivity contribution in [2.75, 3.05) is 19.6 Å². The van der Waals surface area contributed by atoms with Crippen molar-refractivity contribution in [3.63, 3.8) is 0 Å². The largest absolute Gasteiger partial charge is 0.459 e. The summed E-state index contributed by atoms with van der Waals surface area (Å²) in [4.78, 5) is 27.1. The van der Waals surface area contributed by atoms with Gasteiger partial charge in [-0.05, 0) is 30.9 Å². The lowest BCUT2D eigenvalue weighted by atomic mass is 9.96. The van der Waals surface area contributed by atoms with Gasteiger partial charge < -0.3 is 14.6 Å². The van der Waals surface area contributed by atoms with E-state index in [1.807, 2.05) is 36.4 Å². The van der Waals surface area contributed by atoms with E-state index in [4.69, 9.17) is 4.42 Å². The van der Waals surface area contributed by atoms with Gasteiger partial charge >= 0.3 is 0 Å². The third-order valence-electron chi connectivity index (χ3n) is 4.85. The van der Waals surface area contributed by atoms with Crippen LogP contribution in [-0.4, -0.2) is 36.3 Å². The molecule has 0 saturated carbocycles. The molecule has 0 aliphatic carbocycles. The first-order chi connectivity index (χ1) is 12.7. The van der Waals surface area contributed by atoms with Crippen molar-refractivity contribution in [2.45, 2.75) is 32.6 Å². The Morgan fingerprint density at radius 3 is 2.81 bits per heavy atom. The molecule has 1 aliphatic rings. The number of nitrogens with zero attached hydrogens (tertiary/aromatic N) is 1. The van der Waals surface area contributed by atoms with Crippen molar-refractivity contribution < 1.29 is 14.0 Å². The maximum atomic E-state index is 13.0. The highest BCUT2D eigenvalue weighted by molar-refractivity contribution is 5.98. The maximum absolute atomic E-state index is 13.0. The summed E-state index contributed by atoms with van der Waals surface area (Å²) in [5.74, 6) is 0.126. The fourth-order valence-corrected chi connectivity index (χ4v) is 3.37. The minimum Gasteiger partial charge on any atom is -0.459 e. The van der Waals surface area contributed by atoms with E-state index >= 15 is 0 Å². The maximum Gasteiger partial charge on any atom is 0.290 e. The molecule has 1 unspecified atom stereocenters. The number of carbonyl (C=O) groups is 2. The predicted molar refractivity (Wildman–Crippen MR) is 101 cm³/mol. The summed E-state index contributed by atoms with van der Waals surface area (Å²) in [6.07, 6.45) is 5.24. The summed E-state index contributed by atoms with van der Waals surface area (Å²) in [5.41, 5.74) is 1.75. The lowest BCUT2D eigenvalue weighted by Crippen LogP contribution is -2.45. The molecule has 1 N–H and O–H groups in total. The SMILES string of the molecule is CCCCNC(=O)C1CCCN(C(=O)c2occc2-c2ccccc2)C1. The molecule has 1 fully saturated rings. The number of amides is 2. The Hall–Kier alpha value is -2.56. The average molecular weight is 354 g/mol. The summed E-state index contributed by atoms with van der Waals surface area (Å²) in [6.45, 7) is 3.91. The van der Waals surface area contributed by atoms with Crippen LogP contribution in [0.2, 0.25) is 0 Å². The minimum atomic E-state index is -0.139. The summed E-state index contributed by atoms with van der Waals surface area (Å²) in [7, 11) is 0. The molecule has 138 valence electrons. The average Bonchev–Trinajstić information content (AvgIpc) is 3.18. The smallest absolute Gasteiger partial charge is 0.290 e. The van der Waals surface area contributed by atoms with Gasteiger partial charge in [-0.2, -0.15) is 0 Å². The van der Waals surface area contributed by atoms with Gasteiger partial charge in [-0.15, -0.1) is 0 Å². The van der Waals surface area contributed by atoms with Gasteiger partial charge in [0.05, 0.1) is 12.2 Å². The Labute approximate surface area is 154 Å². The second kappa shape index (κ2) is 8.70. The molecule has 5 nitrogen and oxygen atoms in total. The molecule has 0 radical (unpaired) electrons. The molecular weight excluding hydrogens is 328 g/mol. The lowest BCUT2D eigenvalue weighted by Gasteiger charge is -2.31. The van der Waals surface area contributed by atoms with Crippen molar-refractivity contribution in [3.8, 4) is 11.1 Å². The van der Waals surface area contributed by atoms with Crippen LogP contribution in [0.25, 0.3) is 11.1 Å². The van der Waals surface area contributed by atoms with Crippen molar-refractivity contribution in [1.29, 1.82) is 0 Å². The zero-order valence-electron chi connectivity index (χ0n) is 15.2. The van der Waals surface area contributed by atoms with Gasteiger partial charge in [0.2, 0.25) is 5.91 Å². The first-order valence-corrected chi connectivity index (χ1v) is 9.40. The lowest BCUT2D eigenvalue weighted by molar-refractivity contribution is -0.126. The number of nitrogens with one attached hydrogen (secondary N) is 1. The van der Waals surface area contributed by atoms with Crippen LogP contribution in [0, 0.1) is 5.92 Å². The first-order valence-electron chi connectivity index (χ1n) is 9.40. The van der Waals surface area contributed by atoms with E-state index in [0.29, 0.717) is 25.4 Å². The highest BCUT2D eigenvalue weighted by atomic mass is 16.3. The van der Waals surface area contributed by atoms with Gasteiger partial charge in [0, 0.05) is 25.2 Å². The van der Waals surface area contributed by atoms with Gasteiger partial charge in [-0.3, -0.25) is 9.59 Å². The topological polar surface area (TPSA) is 62.6 Å². The molecule has 5 heteroatoms. The predicted octanol–water partition coefficient (Wildman–Crippen LogP) is 3.72. The van der Waals surface area contributed by atoms with E-state index in [2.05, 4.69) is 12.2 Å². The monoisotopic (exact) mass is 354 g/mol. The molecule has 1 atom stereocenters. The van der Waals surface area contributed by atoms with E-state index in [1.54, 1.807) is 11.2 Å². The Kier molecular flexibility index (Phi) is 6.10. The van der Waals surface area contributed by atoms with Crippen LogP contribution in [0.5, 0.6) is 0 Å². The van der Waals surface area contributed by atoms with Crippen molar-refractivity contribution in [1.82, 2.24) is 10.2 Å². The van der Waals surface area contributed by atoms with Crippen LogP contribution >= 0.6 is 0 Å². The van der Waals surface area contributed by atoms with E-state index in [0.717, 1.165) is 36.8 Å². The van der Waals surface area contributed by atoms with Gasteiger partial charge in [-0.1, -0.05) is 43.7 Å². The number of furan rings is 1. The second-order valence-electron chi connectivity index (χ2n) is 6.76. The van der Waals surface area contributed by atoms with Crippen LogP contribution in [0.4, 0.5) is 0 Å². The first kappa shape index (κ1) is 18.2. The fourth-order valence-electron chi connectivity index (χ4n) is 3.37. The van der Waals surface area contributed by atoms with Crippen LogP contribution in [0.1, 0.15) is 43.2 Å². The highest BCUT2D eigenvalue weighted by Gasteiger charge is 2.31. The van der Waals surface area contributed by atoms with Crippen LogP contribution in [0.15, 0.2) is 47.1 Å². The summed E-state index contributed by atoms with van der Waals surface area (Å²) in [6, 6.07) is 11.6. The molecule has 1 saturated heterocycles. The number of unbranched alkanes of at least 4 members (excludes halogenated alkanes) is 1. The van der Waals surface area contributed by atoms with E-state index in [9.17, 15) is 9.59 Å². The Morgan fingerprint density at radius 1 is 1.23 bits per heavy atom. The van der Waals surface area contributed by atoms with E-state index < -0.39 is 0 Å². The number of piperidine rings is 1. The molecule has 1 aromatic carbocycles. The number of rotatable bonds is 6. The van der Waals surface area contributed by atoms with Crippen LogP contribution < -0.4 is 5.32 Å². The molecule has 3 rings (SSSR count). The number of hydrogen-bond donors (Lipinski definition) is 1. The minimum absolute atomic E-state index is 0.0543. The Bertz CT molecular complexity index is 739. The quantitative estimate of drug-likeness (QED) is 0.804. The fraction of sp³-hybridized carbons (Fsp3) is 0.429. The van der Waals surface area contributed by atoms with Crippen molar-refractivity contribution in [3.05, 3.63) is 48.4 Å². The number of carbonyl (C=O) groups excluding carboxylic acids is 2. The molecule has 26 heavy (non-hydrogen) atoms. The van der Waals surface area contributed by atoms with Gasteiger partial charge in [-0.25, -0.2) is 0 Å². The van der Waals surface area contributed by atoms with Gasteiger partial charge in [0.25, 0.3) is 5.91 Å². The molecule has 2 heterocycles. The number of likely N-dealkylation sites (tertiary alicyclic amines) is 1. The second-order valence-corrected chi connectivity index (χ2v) is 6.76. The van der Waals surface area contributed by atoms with Gasteiger partial charge in [0.15, 0.2) is 5.76 Å². The van der Waals surface area contributed by atoms with E-state index in [1.165, 1.54) is 0 Å². The van der Waals surface area contributed by atoms with Crippen molar-refractivity contribution in [2.24, 2.45) is 5.92 Å². The van der Waals surface area contributed by atoms with E-state index in [-0.39, 0.29) is 17.7 Å². The normalized spacial score (nSPS) is 17.1. The standard InChI is InChI=1S/C21H26N2O3/c1-2-3-12-22-20(24)17-10-7-13-23(15-17)21(25)19-18(11-14-26-19)16-8-5-4-6-9-16/h4-6,8-9,11,14,17H,2-3,7,10,12-13,15H2,1H3,(H,22,24). The molecular formula is C21H26N2O3. The summed E-state index contributed by atoms with van der Waals surface area (Å²) < 4.78 is 5.52. The molecule has 2 amide bonds.